The number of hydrogen-bond acceptors (Lipinski definition) is 5. The molecule has 6 nitrogen and oxygen atoms in total. The molecule has 1 aliphatic heterocycles. The molecular formula is C29H33F2O6S2+. The maximum absolute atomic E-state index is 13.9. The van der Waals surface area contributed by atoms with Crippen LogP contribution in [0.25, 0.3) is 0 Å². The number of ether oxygens (including phenoxy) is 3. The minimum Gasteiger partial charge on any atom is -0.483 e. The number of hydrogen-bond donors (Lipinski definition) is 1. The van der Waals surface area contributed by atoms with Gasteiger partial charge in [-0.15, -0.1) is 0 Å². The van der Waals surface area contributed by atoms with Crippen LogP contribution < -0.4 is 4.74 Å². The molecule has 1 heterocycles. The second kappa shape index (κ2) is 11.2. The van der Waals surface area contributed by atoms with E-state index in [1.807, 2.05) is 49.4 Å². The topological polar surface area (TPSA) is 82.1 Å². The number of benzene rings is 3. The quantitative estimate of drug-likeness (QED) is 0.225. The first-order valence-corrected chi connectivity index (χ1v) is 15.2. The third kappa shape index (κ3) is 6.30. The summed E-state index contributed by atoms with van der Waals surface area (Å²) < 4.78 is 76.4. The van der Waals surface area contributed by atoms with Gasteiger partial charge in [0.2, 0.25) is 0 Å². The molecule has 0 amide bonds. The average Bonchev–Trinajstić information content (AvgIpc) is 2.91. The van der Waals surface area contributed by atoms with E-state index >= 15 is 0 Å². The number of alkyl halides is 2. The molecule has 4 rings (SSSR count). The highest BCUT2D eigenvalue weighted by Crippen LogP contribution is 2.40. The van der Waals surface area contributed by atoms with Crippen molar-refractivity contribution in [2.75, 3.05) is 13.2 Å². The molecule has 0 saturated carbocycles. The summed E-state index contributed by atoms with van der Waals surface area (Å²) in [4.78, 5) is 3.00. The van der Waals surface area contributed by atoms with Crippen LogP contribution in [0.5, 0.6) is 5.75 Å². The minimum atomic E-state index is -5.61. The fourth-order valence-electron chi connectivity index (χ4n) is 4.23. The summed E-state index contributed by atoms with van der Waals surface area (Å²) in [6, 6.07) is 24.6. The molecule has 10 heteroatoms. The highest BCUT2D eigenvalue weighted by atomic mass is 32.2. The van der Waals surface area contributed by atoms with Gasteiger partial charge in [0.15, 0.2) is 26.6 Å². The van der Waals surface area contributed by atoms with Crippen LogP contribution in [-0.4, -0.2) is 37.5 Å². The molecule has 1 N–H and O–H groups in total. The van der Waals surface area contributed by atoms with Crippen LogP contribution in [0, 0.1) is 5.41 Å². The predicted octanol–water partition coefficient (Wildman–Crippen LogP) is 6.67. The van der Waals surface area contributed by atoms with Gasteiger partial charge >= 0.3 is 15.4 Å². The van der Waals surface area contributed by atoms with E-state index in [0.29, 0.717) is 19.6 Å². The Hall–Kier alpha value is -2.50. The van der Waals surface area contributed by atoms with Crippen LogP contribution in [0.1, 0.15) is 39.7 Å². The maximum Gasteiger partial charge on any atom is 0.405 e. The van der Waals surface area contributed by atoms with Gasteiger partial charge in [-0.3, -0.25) is 4.55 Å². The molecule has 3 aromatic rings. The van der Waals surface area contributed by atoms with Crippen molar-refractivity contribution in [3.05, 3.63) is 84.4 Å². The van der Waals surface area contributed by atoms with Crippen LogP contribution in [-0.2, 0) is 36.3 Å². The minimum absolute atomic E-state index is 0.0473. The summed E-state index contributed by atoms with van der Waals surface area (Å²) in [7, 11) is -6.14. The van der Waals surface area contributed by atoms with E-state index in [4.69, 9.17) is 18.8 Å². The van der Waals surface area contributed by atoms with Gasteiger partial charge in [-0.05, 0) is 67.6 Å². The van der Waals surface area contributed by atoms with Gasteiger partial charge in [0, 0.05) is 17.4 Å². The van der Waals surface area contributed by atoms with Crippen molar-refractivity contribution < 1.29 is 36.0 Å². The van der Waals surface area contributed by atoms with Crippen molar-refractivity contribution in [3.8, 4) is 5.75 Å². The normalized spacial score (nSPS) is 18.7. The van der Waals surface area contributed by atoms with Crippen molar-refractivity contribution >= 4 is 21.0 Å². The molecule has 0 bridgehead atoms. The molecule has 1 fully saturated rings. The molecule has 3 aromatic carbocycles. The third-order valence-electron chi connectivity index (χ3n) is 6.56. The molecule has 1 saturated heterocycles. The Morgan fingerprint density at radius 1 is 0.923 bits per heavy atom. The van der Waals surface area contributed by atoms with Crippen LogP contribution in [0.4, 0.5) is 8.78 Å². The van der Waals surface area contributed by atoms with E-state index in [0.717, 1.165) is 27.2 Å². The first kappa shape index (κ1) is 29.5. The van der Waals surface area contributed by atoms with E-state index in [1.165, 1.54) is 12.1 Å². The van der Waals surface area contributed by atoms with Crippen molar-refractivity contribution in [1.29, 1.82) is 0 Å². The molecule has 0 aliphatic carbocycles. The Morgan fingerprint density at radius 3 is 1.90 bits per heavy atom. The van der Waals surface area contributed by atoms with Crippen molar-refractivity contribution in [2.24, 2.45) is 5.41 Å². The Bertz CT molecular complexity index is 1350. The molecule has 2 unspecified atom stereocenters. The molecule has 0 aromatic heterocycles. The summed E-state index contributed by atoms with van der Waals surface area (Å²) in [5, 5.41) is -4.45. The summed E-state index contributed by atoms with van der Waals surface area (Å²) in [5.41, 5.74) is 0.896. The van der Waals surface area contributed by atoms with E-state index in [2.05, 4.69) is 26.0 Å². The molecule has 1 aliphatic rings. The monoisotopic (exact) mass is 579 g/mol. The standard InChI is InChI=1S/C29H32F2O6S2/c1-5-28(35-19-27(3,4)20-36-28)22-11-15-25(16-12-22)38(24-9-7-6-8-10-24)26-17-13-23(14-18-26)37-21(2)29(30,31)39(32,33)34/h6-18,21H,5,19-20H2,1-4H3/p+1. The van der Waals surface area contributed by atoms with Gasteiger partial charge in [-0.1, -0.05) is 39.0 Å². The second-order valence-electron chi connectivity index (χ2n) is 10.3. The Labute approximate surface area is 231 Å². The van der Waals surface area contributed by atoms with E-state index < -0.39 is 38.2 Å². The van der Waals surface area contributed by atoms with Crippen molar-refractivity contribution in [2.45, 2.75) is 65.9 Å². The fraction of sp³-hybridized carbons (Fsp3) is 0.379. The van der Waals surface area contributed by atoms with E-state index in [9.17, 15) is 17.2 Å². The van der Waals surface area contributed by atoms with Gasteiger partial charge in [-0.25, -0.2) is 0 Å². The second-order valence-corrected chi connectivity index (χ2v) is 13.8. The average molecular weight is 580 g/mol. The molecular weight excluding hydrogens is 546 g/mol. The molecule has 2 atom stereocenters. The van der Waals surface area contributed by atoms with Crippen LogP contribution in [0.2, 0.25) is 0 Å². The number of rotatable bonds is 9. The smallest absolute Gasteiger partial charge is 0.405 e. The molecule has 0 radical (unpaired) electrons. The summed E-state index contributed by atoms with van der Waals surface area (Å²) in [6.07, 6.45) is -1.41. The van der Waals surface area contributed by atoms with Gasteiger partial charge in [-0.2, -0.15) is 17.2 Å². The molecule has 39 heavy (non-hydrogen) atoms. The van der Waals surface area contributed by atoms with Gasteiger partial charge < -0.3 is 14.2 Å². The SMILES string of the molecule is CCC1(c2ccc([S+](c3ccccc3)c3ccc(OC(C)C(F)(F)S(=O)(=O)O)cc3)cc2)OCC(C)(C)CO1. The van der Waals surface area contributed by atoms with Gasteiger partial charge in [0.1, 0.15) is 5.75 Å². The zero-order valence-corrected chi connectivity index (χ0v) is 23.9. The third-order valence-corrected chi connectivity index (χ3v) is 9.81. The van der Waals surface area contributed by atoms with Gasteiger partial charge in [0.25, 0.3) is 0 Å². The lowest BCUT2D eigenvalue weighted by Crippen LogP contribution is -2.45. The Balaban J connectivity index is 1.62. The predicted molar refractivity (Wildman–Crippen MR) is 146 cm³/mol. The zero-order chi connectivity index (χ0) is 28.5. The summed E-state index contributed by atoms with van der Waals surface area (Å²) >= 11 is 0. The first-order valence-electron chi connectivity index (χ1n) is 12.6. The molecule has 0 spiro atoms. The Morgan fingerprint density at radius 2 is 1.41 bits per heavy atom. The largest absolute Gasteiger partial charge is 0.483 e. The van der Waals surface area contributed by atoms with Crippen molar-refractivity contribution in [3.63, 3.8) is 0 Å². The first-order chi connectivity index (χ1) is 18.3. The summed E-state index contributed by atoms with van der Waals surface area (Å²) in [5.74, 6) is -0.736. The van der Waals surface area contributed by atoms with Crippen LogP contribution in [0.3, 0.4) is 0 Å². The molecule has 210 valence electrons. The summed E-state index contributed by atoms with van der Waals surface area (Å²) in [6.45, 7) is 8.34. The Kier molecular flexibility index (Phi) is 8.45. The van der Waals surface area contributed by atoms with Crippen LogP contribution >= 0.6 is 0 Å². The van der Waals surface area contributed by atoms with Gasteiger partial charge in [0.05, 0.1) is 24.1 Å². The van der Waals surface area contributed by atoms with E-state index in [-0.39, 0.29) is 11.2 Å². The number of halogens is 2. The lowest BCUT2D eigenvalue weighted by atomic mass is 9.92. The lowest BCUT2D eigenvalue weighted by molar-refractivity contribution is -0.309. The van der Waals surface area contributed by atoms with E-state index in [1.54, 1.807) is 12.1 Å². The van der Waals surface area contributed by atoms with Crippen molar-refractivity contribution in [1.82, 2.24) is 0 Å². The lowest BCUT2D eigenvalue weighted by Gasteiger charge is -2.43. The highest BCUT2D eigenvalue weighted by Gasteiger charge is 2.51. The zero-order valence-electron chi connectivity index (χ0n) is 22.3. The maximum atomic E-state index is 13.9. The van der Waals surface area contributed by atoms with Crippen LogP contribution in [0.15, 0.2) is 93.5 Å². The fourth-order valence-corrected chi connectivity index (χ4v) is 6.76. The highest BCUT2D eigenvalue weighted by molar-refractivity contribution is 7.97.